The lowest BCUT2D eigenvalue weighted by Crippen LogP contribution is -2.07. The van der Waals surface area contributed by atoms with Crippen LogP contribution in [0.15, 0.2) is 27.6 Å². The summed E-state index contributed by atoms with van der Waals surface area (Å²) < 4.78 is 23.4. The second-order valence-corrected chi connectivity index (χ2v) is 5.73. The third-order valence-corrected chi connectivity index (χ3v) is 4.28. The second kappa shape index (κ2) is 4.68. The Morgan fingerprint density at radius 2 is 2.12 bits per heavy atom. The van der Waals surface area contributed by atoms with E-state index in [1.807, 2.05) is 5.92 Å². The van der Waals surface area contributed by atoms with Gasteiger partial charge in [0.25, 0.3) is 0 Å². The summed E-state index contributed by atoms with van der Waals surface area (Å²) in [7, 11) is -3.56. The third kappa shape index (κ3) is 2.62. The minimum atomic E-state index is -3.56. The predicted octanol–water partition coefficient (Wildman–Crippen LogP) is 1.55. The highest BCUT2D eigenvalue weighted by Crippen LogP contribution is 2.24. The molecule has 0 bridgehead atoms. The molecule has 0 unspecified atom stereocenters. The van der Waals surface area contributed by atoms with Crippen LogP contribution >= 0.6 is 15.9 Å². The van der Waals surface area contributed by atoms with Gasteiger partial charge in [0.15, 0.2) is 9.84 Å². The van der Waals surface area contributed by atoms with Crippen LogP contribution in [-0.4, -0.2) is 25.2 Å². The number of terminal acetylenes is 1. The zero-order valence-corrected chi connectivity index (χ0v) is 10.4. The molecule has 0 spiro atoms. The van der Waals surface area contributed by atoms with Crippen LogP contribution in [-0.2, 0) is 9.84 Å². The van der Waals surface area contributed by atoms with E-state index < -0.39 is 21.6 Å². The van der Waals surface area contributed by atoms with Gasteiger partial charge in [0.1, 0.15) is 5.75 Å². The average Bonchev–Trinajstić information content (AvgIpc) is 2.16. The molecule has 0 heterocycles. The topological polar surface area (TPSA) is 71.4 Å². The maximum atomic E-state index is 11.6. The van der Waals surface area contributed by atoms with Crippen LogP contribution < -0.4 is 0 Å². The van der Waals surface area contributed by atoms with E-state index in [0.29, 0.717) is 0 Å². The number of carboxylic acids is 1. The van der Waals surface area contributed by atoms with E-state index in [4.69, 9.17) is 11.5 Å². The number of halogens is 1. The Hall–Kier alpha value is -1.32. The molecule has 0 radical (unpaired) electrons. The fourth-order valence-electron chi connectivity index (χ4n) is 1.07. The molecule has 0 fully saturated rings. The van der Waals surface area contributed by atoms with Gasteiger partial charge in [0.05, 0.1) is 10.5 Å². The molecule has 6 heteroatoms. The van der Waals surface area contributed by atoms with Crippen molar-refractivity contribution in [2.45, 2.75) is 4.90 Å². The van der Waals surface area contributed by atoms with Crippen molar-refractivity contribution in [1.29, 1.82) is 0 Å². The minimum absolute atomic E-state index is 0.00421. The van der Waals surface area contributed by atoms with Crippen LogP contribution in [0.5, 0.6) is 0 Å². The lowest BCUT2D eigenvalue weighted by Gasteiger charge is -2.04. The normalized spacial score (nSPS) is 10.8. The summed E-state index contributed by atoms with van der Waals surface area (Å²) in [6, 6.07) is 3.67. The van der Waals surface area contributed by atoms with E-state index in [1.165, 1.54) is 18.2 Å². The van der Waals surface area contributed by atoms with Crippen LogP contribution in [0, 0.1) is 12.3 Å². The maximum absolute atomic E-state index is 11.6. The van der Waals surface area contributed by atoms with E-state index in [2.05, 4.69) is 15.9 Å². The number of rotatable bonds is 3. The molecular formula is C10H7BrO4S. The molecule has 0 saturated carbocycles. The first-order chi connectivity index (χ1) is 7.38. The standard InChI is InChI=1S/C10H7BrO4S/c1-2-5-16(14,15)9-4-3-7(10(12)13)6-8(9)11/h1,3-4,6H,5H2,(H,12,13). The summed E-state index contributed by atoms with van der Waals surface area (Å²) in [5, 5.41) is 8.70. The number of benzene rings is 1. The Morgan fingerprint density at radius 3 is 2.56 bits per heavy atom. The van der Waals surface area contributed by atoms with Gasteiger partial charge in [0.2, 0.25) is 0 Å². The average molecular weight is 303 g/mol. The molecule has 4 nitrogen and oxygen atoms in total. The SMILES string of the molecule is C#CCS(=O)(=O)c1ccc(C(=O)O)cc1Br. The first-order valence-electron chi connectivity index (χ1n) is 4.07. The first-order valence-corrected chi connectivity index (χ1v) is 6.52. The van der Waals surface area contributed by atoms with Crippen molar-refractivity contribution in [2.75, 3.05) is 5.75 Å². The molecular weight excluding hydrogens is 296 g/mol. The molecule has 0 amide bonds. The monoisotopic (exact) mass is 302 g/mol. The fraction of sp³-hybridized carbons (Fsp3) is 0.100. The van der Waals surface area contributed by atoms with Crippen LogP contribution in [0.4, 0.5) is 0 Å². The van der Waals surface area contributed by atoms with Crippen molar-refractivity contribution in [3.05, 3.63) is 28.2 Å². The number of hydrogen-bond acceptors (Lipinski definition) is 3. The molecule has 0 aliphatic carbocycles. The molecule has 0 aromatic heterocycles. The summed E-state index contributed by atoms with van der Waals surface area (Å²) in [5.41, 5.74) is 0.00605. The molecule has 1 rings (SSSR count). The largest absolute Gasteiger partial charge is 0.478 e. The highest BCUT2D eigenvalue weighted by atomic mass is 79.9. The molecule has 1 aromatic carbocycles. The van der Waals surface area contributed by atoms with Gasteiger partial charge in [0, 0.05) is 4.47 Å². The van der Waals surface area contributed by atoms with E-state index in [-0.39, 0.29) is 14.9 Å². The minimum Gasteiger partial charge on any atom is -0.478 e. The maximum Gasteiger partial charge on any atom is 0.335 e. The molecule has 0 atom stereocenters. The zero-order valence-electron chi connectivity index (χ0n) is 7.97. The van der Waals surface area contributed by atoms with Crippen LogP contribution in [0.2, 0.25) is 0 Å². The van der Waals surface area contributed by atoms with E-state index in [9.17, 15) is 13.2 Å². The van der Waals surface area contributed by atoms with E-state index in [0.717, 1.165) is 0 Å². The van der Waals surface area contributed by atoms with Crippen molar-refractivity contribution in [2.24, 2.45) is 0 Å². The summed E-state index contributed by atoms with van der Waals surface area (Å²) in [6.07, 6.45) is 4.94. The van der Waals surface area contributed by atoms with Gasteiger partial charge in [-0.15, -0.1) is 6.42 Å². The van der Waals surface area contributed by atoms with Gasteiger partial charge in [-0.3, -0.25) is 0 Å². The van der Waals surface area contributed by atoms with E-state index in [1.54, 1.807) is 0 Å². The lowest BCUT2D eigenvalue weighted by atomic mass is 10.2. The Morgan fingerprint density at radius 1 is 1.50 bits per heavy atom. The van der Waals surface area contributed by atoms with Gasteiger partial charge in [-0.1, -0.05) is 5.92 Å². The van der Waals surface area contributed by atoms with Gasteiger partial charge in [-0.05, 0) is 34.1 Å². The van der Waals surface area contributed by atoms with Gasteiger partial charge in [-0.25, -0.2) is 13.2 Å². The number of carbonyl (C=O) groups is 1. The Labute approximate surface area is 101 Å². The van der Waals surface area contributed by atoms with E-state index >= 15 is 0 Å². The summed E-state index contributed by atoms with van der Waals surface area (Å²) in [4.78, 5) is 10.6. The number of aromatic carboxylic acids is 1. The third-order valence-electron chi connectivity index (χ3n) is 1.79. The highest BCUT2D eigenvalue weighted by molar-refractivity contribution is 9.10. The number of hydrogen-bond donors (Lipinski definition) is 1. The lowest BCUT2D eigenvalue weighted by molar-refractivity contribution is 0.0696. The quantitative estimate of drug-likeness (QED) is 0.860. The van der Waals surface area contributed by atoms with Crippen molar-refractivity contribution in [1.82, 2.24) is 0 Å². The van der Waals surface area contributed by atoms with Crippen molar-refractivity contribution >= 4 is 31.7 Å². The van der Waals surface area contributed by atoms with Gasteiger partial charge >= 0.3 is 5.97 Å². The molecule has 0 aliphatic rings. The van der Waals surface area contributed by atoms with Crippen molar-refractivity contribution < 1.29 is 18.3 Å². The van der Waals surface area contributed by atoms with Crippen molar-refractivity contribution in [3.8, 4) is 12.3 Å². The second-order valence-electron chi connectivity index (χ2n) is 2.91. The summed E-state index contributed by atoms with van der Waals surface area (Å²) in [6.45, 7) is 0. The van der Waals surface area contributed by atoms with Gasteiger partial charge in [-0.2, -0.15) is 0 Å². The summed E-state index contributed by atoms with van der Waals surface area (Å²) >= 11 is 3.01. The fourth-order valence-corrected chi connectivity index (χ4v) is 3.20. The zero-order chi connectivity index (χ0) is 12.3. The summed E-state index contributed by atoms with van der Waals surface area (Å²) in [5.74, 6) is 0.504. The molecule has 1 N–H and O–H groups in total. The number of sulfone groups is 1. The smallest absolute Gasteiger partial charge is 0.335 e. The van der Waals surface area contributed by atoms with Crippen LogP contribution in [0.25, 0.3) is 0 Å². The Kier molecular flexibility index (Phi) is 3.73. The predicted molar refractivity (Wildman–Crippen MR) is 62.0 cm³/mol. The first kappa shape index (κ1) is 12.7. The molecule has 16 heavy (non-hydrogen) atoms. The Balaban J connectivity index is 3.30. The molecule has 0 aliphatic heterocycles. The number of carboxylic acid groups (broad SMARTS) is 1. The highest BCUT2D eigenvalue weighted by Gasteiger charge is 2.17. The Bertz CT molecular complexity index is 569. The van der Waals surface area contributed by atoms with Crippen molar-refractivity contribution in [3.63, 3.8) is 0 Å². The van der Waals surface area contributed by atoms with Crippen LogP contribution in [0.1, 0.15) is 10.4 Å². The van der Waals surface area contributed by atoms with Gasteiger partial charge < -0.3 is 5.11 Å². The molecule has 84 valence electrons. The molecule has 1 aromatic rings. The molecule has 0 saturated heterocycles. The van der Waals surface area contributed by atoms with Crippen LogP contribution in [0.3, 0.4) is 0 Å².